The van der Waals surface area contributed by atoms with E-state index < -0.39 is 13.7 Å². The molecule has 2 rings (SSSR count). The summed E-state index contributed by atoms with van der Waals surface area (Å²) in [6, 6.07) is 4.24. The fraction of sp³-hybridized carbons (Fsp3) is 0.125. The maximum absolute atomic E-state index is 11.9. The van der Waals surface area contributed by atoms with E-state index in [1.165, 1.54) is 18.2 Å². The van der Waals surface area contributed by atoms with E-state index in [2.05, 4.69) is 9.72 Å². The third kappa shape index (κ3) is 2.29. The minimum Gasteiger partial charge on any atom is -0.435 e. The number of rotatable bonds is 3. The molecular formula is C8H6BF2NO3S. The van der Waals surface area contributed by atoms with Crippen molar-refractivity contribution in [1.82, 2.24) is 4.98 Å². The standard InChI is InChI=1S/C8H6BF2NO3S/c10-8(11)15-4-1-2-6-5(3-4)12-7(16-6)9(13)14/h1-3,8,13-14H. The quantitative estimate of drug-likeness (QED) is 0.776. The molecule has 1 heterocycles. The van der Waals surface area contributed by atoms with Crippen molar-refractivity contribution in [3.05, 3.63) is 18.2 Å². The van der Waals surface area contributed by atoms with Crippen LogP contribution in [0.3, 0.4) is 0 Å². The number of fused-ring (bicyclic) bond motifs is 1. The molecule has 0 fully saturated rings. The highest BCUT2D eigenvalue weighted by molar-refractivity contribution is 7.27. The first-order valence-corrected chi connectivity index (χ1v) is 5.09. The Balaban J connectivity index is 2.38. The van der Waals surface area contributed by atoms with Crippen molar-refractivity contribution in [1.29, 1.82) is 0 Å². The van der Waals surface area contributed by atoms with Crippen LogP contribution in [0.5, 0.6) is 5.75 Å². The van der Waals surface area contributed by atoms with Crippen molar-refractivity contribution in [2.24, 2.45) is 0 Å². The van der Waals surface area contributed by atoms with Gasteiger partial charge in [-0.3, -0.25) is 0 Å². The van der Waals surface area contributed by atoms with Crippen molar-refractivity contribution in [3.63, 3.8) is 0 Å². The minimum atomic E-state index is -2.89. The van der Waals surface area contributed by atoms with Crippen molar-refractivity contribution >= 4 is 33.6 Å². The normalized spacial score (nSPS) is 11.1. The van der Waals surface area contributed by atoms with Gasteiger partial charge in [-0.05, 0) is 12.1 Å². The first-order chi connectivity index (χ1) is 7.56. The Hall–Kier alpha value is -1.25. The third-order valence-corrected chi connectivity index (χ3v) is 2.90. The number of ether oxygens (including phenoxy) is 1. The van der Waals surface area contributed by atoms with Crippen LogP contribution in [0.2, 0.25) is 0 Å². The van der Waals surface area contributed by atoms with Crippen molar-refractivity contribution in [2.45, 2.75) is 6.61 Å². The second kappa shape index (κ2) is 4.32. The first-order valence-electron chi connectivity index (χ1n) is 4.27. The lowest BCUT2D eigenvalue weighted by molar-refractivity contribution is -0.0497. The smallest absolute Gasteiger partial charge is 0.435 e. The van der Waals surface area contributed by atoms with Crippen LogP contribution in [0.1, 0.15) is 0 Å². The van der Waals surface area contributed by atoms with Crippen LogP contribution in [0.4, 0.5) is 8.78 Å². The maximum Gasteiger partial charge on any atom is 0.519 e. The Morgan fingerprint density at radius 1 is 1.38 bits per heavy atom. The van der Waals surface area contributed by atoms with Gasteiger partial charge in [-0.1, -0.05) is 0 Å². The molecule has 0 atom stereocenters. The van der Waals surface area contributed by atoms with Gasteiger partial charge < -0.3 is 14.8 Å². The Bertz CT molecular complexity index is 505. The largest absolute Gasteiger partial charge is 0.519 e. The fourth-order valence-electron chi connectivity index (χ4n) is 1.21. The molecule has 0 spiro atoms. The predicted octanol–water partition coefficient (Wildman–Crippen LogP) is 0.577. The van der Waals surface area contributed by atoms with Gasteiger partial charge in [0.1, 0.15) is 10.7 Å². The molecule has 2 N–H and O–H groups in total. The summed E-state index contributed by atoms with van der Waals surface area (Å²) < 4.78 is 28.7. The van der Waals surface area contributed by atoms with Crippen LogP contribution < -0.4 is 9.64 Å². The van der Waals surface area contributed by atoms with Crippen LogP contribution >= 0.6 is 11.3 Å². The Morgan fingerprint density at radius 3 is 2.75 bits per heavy atom. The van der Waals surface area contributed by atoms with E-state index in [-0.39, 0.29) is 10.7 Å². The highest BCUT2D eigenvalue weighted by Crippen LogP contribution is 2.23. The minimum absolute atomic E-state index is 0.00761. The number of alkyl halides is 2. The predicted molar refractivity (Wildman–Crippen MR) is 56.1 cm³/mol. The van der Waals surface area contributed by atoms with Crippen LogP contribution in [0.15, 0.2) is 18.2 Å². The summed E-state index contributed by atoms with van der Waals surface area (Å²) in [6.45, 7) is -2.89. The molecule has 2 aromatic rings. The van der Waals surface area contributed by atoms with Crippen molar-refractivity contribution < 1.29 is 23.6 Å². The van der Waals surface area contributed by atoms with E-state index in [0.29, 0.717) is 10.2 Å². The molecule has 0 aliphatic rings. The van der Waals surface area contributed by atoms with E-state index in [9.17, 15) is 8.78 Å². The summed E-state index contributed by atoms with van der Waals surface area (Å²) >= 11 is 1.08. The Labute approximate surface area is 93.3 Å². The van der Waals surface area contributed by atoms with Gasteiger partial charge in [-0.25, -0.2) is 4.98 Å². The topological polar surface area (TPSA) is 62.6 Å². The number of hydrogen-bond donors (Lipinski definition) is 2. The van der Waals surface area contributed by atoms with Gasteiger partial charge in [0.15, 0.2) is 0 Å². The molecule has 0 unspecified atom stereocenters. The van der Waals surface area contributed by atoms with Gasteiger partial charge in [0, 0.05) is 6.07 Å². The Morgan fingerprint density at radius 2 is 2.12 bits per heavy atom. The summed E-state index contributed by atoms with van der Waals surface area (Å²) in [6.07, 6.45) is 0. The van der Waals surface area contributed by atoms with Crippen LogP contribution in [-0.2, 0) is 0 Å². The molecule has 0 saturated heterocycles. The summed E-state index contributed by atoms with van der Waals surface area (Å²) in [7, 11) is -1.66. The number of hydrogen-bond acceptors (Lipinski definition) is 5. The molecule has 0 radical (unpaired) electrons. The molecule has 0 saturated carbocycles. The average Bonchev–Trinajstić information content (AvgIpc) is 2.59. The second-order valence-corrected chi connectivity index (χ2v) is 4.00. The molecule has 1 aromatic carbocycles. The van der Waals surface area contributed by atoms with Crippen LogP contribution in [0, 0.1) is 0 Å². The van der Waals surface area contributed by atoms with E-state index in [1.54, 1.807) is 0 Å². The number of thiazole rings is 1. The van der Waals surface area contributed by atoms with Gasteiger partial charge in [0.25, 0.3) is 0 Å². The molecule has 0 aliphatic heterocycles. The van der Waals surface area contributed by atoms with E-state index in [1.807, 2.05) is 0 Å². The van der Waals surface area contributed by atoms with E-state index >= 15 is 0 Å². The molecule has 0 bridgehead atoms. The lowest BCUT2D eigenvalue weighted by Gasteiger charge is -2.02. The zero-order chi connectivity index (χ0) is 11.7. The monoisotopic (exact) mass is 245 g/mol. The summed E-state index contributed by atoms with van der Waals surface area (Å²) in [5, 5.41) is 17.8. The second-order valence-electron chi connectivity index (χ2n) is 2.93. The van der Waals surface area contributed by atoms with Gasteiger partial charge in [-0.2, -0.15) is 8.78 Å². The number of nitrogens with zero attached hydrogens (tertiary/aromatic N) is 1. The van der Waals surface area contributed by atoms with Gasteiger partial charge in [0.05, 0.1) is 10.2 Å². The van der Waals surface area contributed by atoms with Gasteiger partial charge in [0.2, 0.25) is 0 Å². The van der Waals surface area contributed by atoms with E-state index in [4.69, 9.17) is 10.0 Å². The zero-order valence-electron chi connectivity index (χ0n) is 7.80. The zero-order valence-corrected chi connectivity index (χ0v) is 8.62. The summed E-state index contributed by atoms with van der Waals surface area (Å²) in [5.41, 5.74) is 0.395. The molecule has 0 aliphatic carbocycles. The fourth-order valence-corrected chi connectivity index (χ4v) is 2.03. The summed E-state index contributed by atoms with van der Waals surface area (Å²) in [5.74, 6) is -0.00761. The van der Waals surface area contributed by atoms with Crippen molar-refractivity contribution in [3.8, 4) is 5.75 Å². The summed E-state index contributed by atoms with van der Waals surface area (Å²) in [4.78, 5) is 3.99. The number of aromatic nitrogens is 1. The third-order valence-electron chi connectivity index (χ3n) is 1.82. The van der Waals surface area contributed by atoms with Gasteiger partial charge in [-0.15, -0.1) is 11.3 Å². The van der Waals surface area contributed by atoms with Crippen molar-refractivity contribution in [2.75, 3.05) is 0 Å². The molecule has 1 aromatic heterocycles. The SMILES string of the molecule is OB(O)c1nc2cc(OC(F)F)ccc2s1. The average molecular weight is 245 g/mol. The van der Waals surface area contributed by atoms with Gasteiger partial charge >= 0.3 is 13.7 Å². The van der Waals surface area contributed by atoms with Crippen LogP contribution in [0.25, 0.3) is 10.2 Å². The molecule has 16 heavy (non-hydrogen) atoms. The molecule has 4 nitrogen and oxygen atoms in total. The lowest BCUT2D eigenvalue weighted by atomic mass is 9.94. The van der Waals surface area contributed by atoms with E-state index in [0.717, 1.165) is 11.3 Å². The first kappa shape index (κ1) is 11.2. The lowest BCUT2D eigenvalue weighted by Crippen LogP contribution is -2.28. The number of halogens is 2. The van der Waals surface area contributed by atoms with Crippen LogP contribution in [-0.4, -0.2) is 28.8 Å². The molecule has 8 heteroatoms. The highest BCUT2D eigenvalue weighted by Gasteiger charge is 2.17. The number of benzene rings is 1. The maximum atomic E-state index is 11.9. The molecule has 84 valence electrons. The Kier molecular flexibility index (Phi) is 3.04. The highest BCUT2D eigenvalue weighted by atomic mass is 32.1. The molecular weight excluding hydrogens is 239 g/mol. The molecule has 0 amide bonds.